The van der Waals surface area contributed by atoms with E-state index in [1.807, 2.05) is 20.8 Å². The molecule has 0 aliphatic carbocycles. The number of nitrogens with one attached hydrogen (secondary N) is 1. The van der Waals surface area contributed by atoms with E-state index in [4.69, 9.17) is 5.73 Å². The number of nitrogens with two attached hydrogens (primary N) is 1. The molecule has 4 heteroatoms. The topological polar surface area (TPSA) is 75.4 Å². The van der Waals surface area contributed by atoms with Crippen molar-refractivity contribution in [1.82, 2.24) is 5.32 Å². The van der Waals surface area contributed by atoms with Gasteiger partial charge in [0.05, 0.1) is 12.1 Å². The maximum Gasteiger partial charge on any atom is 0.222 e. The highest BCUT2D eigenvalue weighted by atomic mass is 16.3. The summed E-state index contributed by atoms with van der Waals surface area (Å²) in [5.74, 6) is -0.0675. The predicted octanol–water partition coefficient (Wildman–Crippen LogP) is 0.781. The van der Waals surface area contributed by atoms with Gasteiger partial charge < -0.3 is 16.2 Å². The van der Waals surface area contributed by atoms with Crippen LogP contribution >= 0.6 is 0 Å². The fourth-order valence-corrected chi connectivity index (χ4v) is 1.42. The summed E-state index contributed by atoms with van der Waals surface area (Å²) in [4.78, 5) is 11.6. The highest BCUT2D eigenvalue weighted by Crippen LogP contribution is 2.14. The van der Waals surface area contributed by atoms with Crippen LogP contribution in [0.4, 0.5) is 0 Å². The second-order valence-corrected chi connectivity index (χ2v) is 4.07. The van der Waals surface area contributed by atoms with Gasteiger partial charge >= 0.3 is 0 Å². The molecular weight excluding hydrogens is 192 g/mol. The molecule has 0 spiro atoms. The van der Waals surface area contributed by atoms with Crippen molar-refractivity contribution < 1.29 is 9.90 Å². The molecule has 0 bridgehead atoms. The predicted molar refractivity (Wildman–Crippen MR) is 61.4 cm³/mol. The zero-order valence-corrected chi connectivity index (χ0v) is 10.0. The van der Waals surface area contributed by atoms with Crippen LogP contribution in [0.25, 0.3) is 0 Å². The summed E-state index contributed by atoms with van der Waals surface area (Å²) in [6.45, 7) is 5.85. The third kappa shape index (κ3) is 4.62. The normalized spacial score (nSPS) is 13.7. The van der Waals surface area contributed by atoms with E-state index in [-0.39, 0.29) is 18.6 Å². The summed E-state index contributed by atoms with van der Waals surface area (Å²) in [5.41, 5.74) is 5.23. The zero-order valence-electron chi connectivity index (χ0n) is 10.0. The monoisotopic (exact) mass is 216 g/mol. The van der Waals surface area contributed by atoms with E-state index < -0.39 is 5.54 Å². The summed E-state index contributed by atoms with van der Waals surface area (Å²) in [6, 6.07) is -0.0879. The Morgan fingerprint density at radius 2 is 1.93 bits per heavy atom. The highest BCUT2D eigenvalue weighted by molar-refractivity contribution is 5.77. The van der Waals surface area contributed by atoms with Crippen molar-refractivity contribution in [2.75, 3.05) is 6.61 Å². The molecule has 1 unspecified atom stereocenters. The lowest BCUT2D eigenvalue weighted by molar-refractivity contribution is -0.124. The Balaban J connectivity index is 4.23. The molecule has 1 amide bonds. The van der Waals surface area contributed by atoms with Gasteiger partial charge in [-0.2, -0.15) is 0 Å². The van der Waals surface area contributed by atoms with Gasteiger partial charge in [0.25, 0.3) is 0 Å². The third-order valence-corrected chi connectivity index (χ3v) is 3.03. The standard InChI is InChI=1S/C11H24N2O2/c1-4-9(12)7-10(15)13-11(5-2,6-3)8-14/h9,14H,4-8,12H2,1-3H3,(H,13,15). The molecule has 90 valence electrons. The van der Waals surface area contributed by atoms with Crippen LogP contribution in [0.1, 0.15) is 46.5 Å². The first-order valence-corrected chi connectivity index (χ1v) is 5.71. The van der Waals surface area contributed by atoms with E-state index in [0.29, 0.717) is 6.42 Å². The van der Waals surface area contributed by atoms with Gasteiger partial charge in [-0.15, -0.1) is 0 Å². The van der Waals surface area contributed by atoms with Crippen molar-refractivity contribution in [1.29, 1.82) is 0 Å². The van der Waals surface area contributed by atoms with Crippen LogP contribution in [-0.2, 0) is 4.79 Å². The first kappa shape index (κ1) is 14.4. The Morgan fingerprint density at radius 3 is 2.27 bits per heavy atom. The molecule has 0 aliphatic heterocycles. The second-order valence-electron chi connectivity index (χ2n) is 4.07. The lowest BCUT2D eigenvalue weighted by Gasteiger charge is -2.31. The smallest absolute Gasteiger partial charge is 0.222 e. The summed E-state index contributed by atoms with van der Waals surface area (Å²) in [5, 5.41) is 12.1. The molecule has 0 aromatic rings. The van der Waals surface area contributed by atoms with E-state index in [1.165, 1.54) is 0 Å². The van der Waals surface area contributed by atoms with Crippen molar-refractivity contribution in [3.8, 4) is 0 Å². The number of carbonyl (C=O) groups excluding carboxylic acids is 1. The number of hydrogen-bond acceptors (Lipinski definition) is 3. The fraction of sp³-hybridized carbons (Fsp3) is 0.909. The Labute approximate surface area is 92.2 Å². The molecule has 0 radical (unpaired) electrons. The number of hydrogen-bond donors (Lipinski definition) is 3. The molecule has 4 nitrogen and oxygen atoms in total. The van der Waals surface area contributed by atoms with Crippen molar-refractivity contribution in [2.45, 2.75) is 58.0 Å². The molecule has 0 aromatic heterocycles. The molecule has 0 heterocycles. The number of amides is 1. The van der Waals surface area contributed by atoms with Gasteiger partial charge in [0.15, 0.2) is 0 Å². The zero-order chi connectivity index (χ0) is 11.9. The minimum absolute atomic E-state index is 0.0207. The summed E-state index contributed by atoms with van der Waals surface area (Å²) >= 11 is 0. The summed E-state index contributed by atoms with van der Waals surface area (Å²) in [7, 11) is 0. The van der Waals surface area contributed by atoms with Crippen LogP contribution in [0.2, 0.25) is 0 Å². The summed E-state index contributed by atoms with van der Waals surface area (Å²) in [6.07, 6.45) is 2.58. The highest BCUT2D eigenvalue weighted by Gasteiger charge is 2.27. The molecule has 0 saturated heterocycles. The van der Waals surface area contributed by atoms with Crippen LogP contribution in [0.5, 0.6) is 0 Å². The minimum Gasteiger partial charge on any atom is -0.394 e. The van der Waals surface area contributed by atoms with Crippen molar-refractivity contribution >= 4 is 5.91 Å². The van der Waals surface area contributed by atoms with E-state index in [1.54, 1.807) is 0 Å². The van der Waals surface area contributed by atoms with Crippen LogP contribution < -0.4 is 11.1 Å². The minimum atomic E-state index is -0.468. The van der Waals surface area contributed by atoms with Crippen LogP contribution in [-0.4, -0.2) is 29.2 Å². The van der Waals surface area contributed by atoms with Gasteiger partial charge in [-0.25, -0.2) is 0 Å². The van der Waals surface area contributed by atoms with Gasteiger partial charge in [-0.05, 0) is 19.3 Å². The third-order valence-electron chi connectivity index (χ3n) is 3.03. The molecule has 15 heavy (non-hydrogen) atoms. The Morgan fingerprint density at radius 1 is 1.40 bits per heavy atom. The number of aliphatic hydroxyl groups excluding tert-OH is 1. The Bertz CT molecular complexity index is 183. The average molecular weight is 216 g/mol. The number of rotatable bonds is 7. The van der Waals surface area contributed by atoms with E-state index in [2.05, 4.69) is 5.32 Å². The average Bonchev–Trinajstić information content (AvgIpc) is 2.26. The van der Waals surface area contributed by atoms with Gasteiger partial charge in [0.2, 0.25) is 5.91 Å². The maximum absolute atomic E-state index is 11.6. The van der Waals surface area contributed by atoms with Crippen LogP contribution in [0.15, 0.2) is 0 Å². The second kappa shape index (κ2) is 6.80. The van der Waals surface area contributed by atoms with Gasteiger partial charge in [0.1, 0.15) is 0 Å². The molecule has 0 saturated carbocycles. The van der Waals surface area contributed by atoms with Crippen molar-refractivity contribution in [2.24, 2.45) is 5.73 Å². The quantitative estimate of drug-likeness (QED) is 0.588. The molecule has 0 aromatic carbocycles. The molecule has 4 N–H and O–H groups in total. The largest absolute Gasteiger partial charge is 0.394 e. The SMILES string of the molecule is CCC(N)CC(=O)NC(CC)(CC)CO. The van der Waals surface area contributed by atoms with E-state index in [0.717, 1.165) is 19.3 Å². The lowest BCUT2D eigenvalue weighted by Crippen LogP contribution is -2.51. The first-order chi connectivity index (χ1) is 7.03. The van der Waals surface area contributed by atoms with Crippen molar-refractivity contribution in [3.63, 3.8) is 0 Å². The number of carbonyl (C=O) groups is 1. The van der Waals surface area contributed by atoms with E-state index in [9.17, 15) is 9.90 Å². The number of aliphatic hydroxyl groups is 1. The Kier molecular flexibility index (Phi) is 6.52. The molecular formula is C11H24N2O2. The lowest BCUT2D eigenvalue weighted by atomic mass is 9.93. The van der Waals surface area contributed by atoms with Crippen LogP contribution in [0.3, 0.4) is 0 Å². The van der Waals surface area contributed by atoms with E-state index >= 15 is 0 Å². The Hall–Kier alpha value is -0.610. The van der Waals surface area contributed by atoms with Gasteiger partial charge in [0, 0.05) is 12.5 Å². The van der Waals surface area contributed by atoms with Crippen LogP contribution in [0, 0.1) is 0 Å². The fourth-order valence-electron chi connectivity index (χ4n) is 1.42. The first-order valence-electron chi connectivity index (χ1n) is 5.71. The maximum atomic E-state index is 11.6. The summed E-state index contributed by atoms with van der Waals surface area (Å²) < 4.78 is 0. The molecule has 0 fully saturated rings. The van der Waals surface area contributed by atoms with Gasteiger partial charge in [-0.3, -0.25) is 4.79 Å². The molecule has 0 rings (SSSR count). The van der Waals surface area contributed by atoms with Crippen molar-refractivity contribution in [3.05, 3.63) is 0 Å². The molecule has 0 aliphatic rings. The van der Waals surface area contributed by atoms with Gasteiger partial charge in [-0.1, -0.05) is 20.8 Å². The molecule has 1 atom stereocenters.